The Labute approximate surface area is 126 Å². The van der Waals surface area contributed by atoms with Gasteiger partial charge in [-0.25, -0.2) is 4.98 Å². The molecule has 3 nitrogen and oxygen atoms in total. The van der Waals surface area contributed by atoms with E-state index in [0.717, 1.165) is 34.0 Å². The van der Waals surface area contributed by atoms with Crippen LogP contribution in [0.3, 0.4) is 0 Å². The van der Waals surface area contributed by atoms with Gasteiger partial charge >= 0.3 is 0 Å². The van der Waals surface area contributed by atoms with Gasteiger partial charge < -0.3 is 5.73 Å². The Bertz CT molecular complexity index is 762. The molecule has 0 aliphatic heterocycles. The van der Waals surface area contributed by atoms with Gasteiger partial charge in [-0.3, -0.25) is 4.57 Å². The summed E-state index contributed by atoms with van der Waals surface area (Å²) in [6.45, 7) is 2.18. The second kappa shape index (κ2) is 5.29. The van der Waals surface area contributed by atoms with Crippen LogP contribution in [0.4, 0.5) is 5.95 Å². The summed E-state index contributed by atoms with van der Waals surface area (Å²) >= 11 is 3.52. The first kappa shape index (κ1) is 13.2. The molecule has 0 saturated heterocycles. The number of rotatable bonds is 3. The second-order valence-electron chi connectivity index (χ2n) is 4.82. The van der Waals surface area contributed by atoms with Crippen LogP contribution in [0.5, 0.6) is 0 Å². The average molecular weight is 330 g/mol. The summed E-state index contributed by atoms with van der Waals surface area (Å²) in [5.41, 5.74) is 10.5. The van der Waals surface area contributed by atoms with E-state index in [2.05, 4.69) is 52.1 Å². The Morgan fingerprint density at radius 1 is 1.20 bits per heavy atom. The van der Waals surface area contributed by atoms with Gasteiger partial charge in [0.25, 0.3) is 0 Å². The maximum Gasteiger partial charge on any atom is 0.205 e. The minimum atomic E-state index is 0.529. The summed E-state index contributed by atoms with van der Waals surface area (Å²) in [6.07, 6.45) is 2.14. The van der Waals surface area contributed by atoms with E-state index in [1.54, 1.807) is 0 Å². The van der Waals surface area contributed by atoms with Crippen molar-refractivity contribution >= 4 is 32.9 Å². The molecule has 0 atom stereocenters. The number of anilines is 1. The maximum atomic E-state index is 6.14. The summed E-state index contributed by atoms with van der Waals surface area (Å²) in [5.74, 6) is 0.529. The van der Waals surface area contributed by atoms with Gasteiger partial charge in [0.15, 0.2) is 0 Å². The Morgan fingerprint density at radius 3 is 2.80 bits per heavy atom. The lowest BCUT2D eigenvalue weighted by molar-refractivity contribution is 0.905. The SMILES string of the molecule is CCCc1ccccc1-n1c(N)nc2ccc(Br)cc21. The molecule has 0 saturated carbocycles. The average Bonchev–Trinajstić information content (AvgIpc) is 2.75. The lowest BCUT2D eigenvalue weighted by Gasteiger charge is -2.12. The third-order valence-corrected chi connectivity index (χ3v) is 3.89. The van der Waals surface area contributed by atoms with Gasteiger partial charge in [0.05, 0.1) is 16.7 Å². The first-order valence-electron chi connectivity index (χ1n) is 6.72. The Hall–Kier alpha value is -1.81. The highest BCUT2D eigenvalue weighted by Crippen LogP contribution is 2.28. The Morgan fingerprint density at radius 2 is 2.00 bits per heavy atom. The summed E-state index contributed by atoms with van der Waals surface area (Å²) in [7, 11) is 0. The van der Waals surface area contributed by atoms with Gasteiger partial charge in [-0.15, -0.1) is 0 Å². The molecule has 0 amide bonds. The van der Waals surface area contributed by atoms with E-state index in [9.17, 15) is 0 Å². The van der Waals surface area contributed by atoms with Gasteiger partial charge in [0, 0.05) is 4.47 Å². The molecule has 0 aliphatic rings. The van der Waals surface area contributed by atoms with E-state index in [4.69, 9.17) is 5.73 Å². The first-order chi connectivity index (χ1) is 9.70. The fourth-order valence-corrected chi connectivity index (χ4v) is 2.88. The van der Waals surface area contributed by atoms with Gasteiger partial charge in [-0.2, -0.15) is 0 Å². The van der Waals surface area contributed by atoms with Crippen molar-refractivity contribution in [3.05, 3.63) is 52.5 Å². The third kappa shape index (κ3) is 2.20. The van der Waals surface area contributed by atoms with Crippen LogP contribution in [-0.4, -0.2) is 9.55 Å². The quantitative estimate of drug-likeness (QED) is 0.777. The zero-order chi connectivity index (χ0) is 14.1. The number of hydrogen-bond acceptors (Lipinski definition) is 2. The molecule has 2 aromatic carbocycles. The van der Waals surface area contributed by atoms with Crippen molar-refractivity contribution in [2.45, 2.75) is 19.8 Å². The fraction of sp³-hybridized carbons (Fsp3) is 0.188. The largest absolute Gasteiger partial charge is 0.369 e. The predicted octanol–water partition coefficient (Wildman–Crippen LogP) is 4.32. The number of nitrogen functional groups attached to an aromatic ring is 1. The molecule has 0 unspecified atom stereocenters. The Balaban J connectivity index is 2.29. The van der Waals surface area contributed by atoms with Crippen molar-refractivity contribution in [1.29, 1.82) is 0 Å². The van der Waals surface area contributed by atoms with Crippen LogP contribution in [0.1, 0.15) is 18.9 Å². The van der Waals surface area contributed by atoms with Crippen LogP contribution < -0.4 is 5.73 Å². The summed E-state index contributed by atoms with van der Waals surface area (Å²) in [5, 5.41) is 0. The van der Waals surface area contributed by atoms with Crippen molar-refractivity contribution in [2.24, 2.45) is 0 Å². The van der Waals surface area contributed by atoms with Crippen molar-refractivity contribution in [3.8, 4) is 5.69 Å². The lowest BCUT2D eigenvalue weighted by atomic mass is 10.1. The molecule has 1 aromatic heterocycles. The molecule has 0 fully saturated rings. The third-order valence-electron chi connectivity index (χ3n) is 3.39. The van der Waals surface area contributed by atoms with E-state index >= 15 is 0 Å². The van der Waals surface area contributed by atoms with E-state index in [0.29, 0.717) is 5.95 Å². The first-order valence-corrected chi connectivity index (χ1v) is 7.51. The molecular weight excluding hydrogens is 314 g/mol. The number of hydrogen-bond donors (Lipinski definition) is 1. The highest BCUT2D eigenvalue weighted by Gasteiger charge is 2.12. The summed E-state index contributed by atoms with van der Waals surface area (Å²) < 4.78 is 3.06. The molecule has 102 valence electrons. The molecule has 0 aliphatic carbocycles. The van der Waals surface area contributed by atoms with E-state index in [1.807, 2.05) is 22.8 Å². The normalized spacial score (nSPS) is 11.1. The number of benzene rings is 2. The number of halogens is 1. The maximum absolute atomic E-state index is 6.14. The number of para-hydroxylation sites is 1. The van der Waals surface area contributed by atoms with Gasteiger partial charge in [0.1, 0.15) is 0 Å². The Kier molecular flexibility index (Phi) is 3.49. The zero-order valence-electron chi connectivity index (χ0n) is 11.3. The van der Waals surface area contributed by atoms with Crippen LogP contribution in [0, 0.1) is 0 Å². The molecule has 3 aromatic rings. The molecule has 0 radical (unpaired) electrons. The van der Waals surface area contributed by atoms with E-state index in [-0.39, 0.29) is 0 Å². The minimum absolute atomic E-state index is 0.529. The highest BCUT2D eigenvalue weighted by atomic mass is 79.9. The predicted molar refractivity (Wildman–Crippen MR) is 87.2 cm³/mol. The molecule has 2 N–H and O–H groups in total. The van der Waals surface area contributed by atoms with Crippen LogP contribution >= 0.6 is 15.9 Å². The topological polar surface area (TPSA) is 43.8 Å². The number of imidazole rings is 1. The van der Waals surface area contributed by atoms with Gasteiger partial charge in [-0.1, -0.05) is 47.5 Å². The summed E-state index contributed by atoms with van der Waals surface area (Å²) in [4.78, 5) is 4.45. The number of fused-ring (bicyclic) bond motifs is 1. The lowest BCUT2D eigenvalue weighted by Crippen LogP contribution is -2.04. The number of aryl methyl sites for hydroxylation is 1. The van der Waals surface area contributed by atoms with Crippen LogP contribution in [0.25, 0.3) is 16.7 Å². The smallest absolute Gasteiger partial charge is 0.205 e. The molecule has 3 rings (SSSR count). The van der Waals surface area contributed by atoms with Crippen LogP contribution in [0.15, 0.2) is 46.9 Å². The van der Waals surface area contributed by atoms with Crippen molar-refractivity contribution in [3.63, 3.8) is 0 Å². The van der Waals surface area contributed by atoms with E-state index in [1.165, 1.54) is 5.56 Å². The van der Waals surface area contributed by atoms with Crippen molar-refractivity contribution in [1.82, 2.24) is 9.55 Å². The van der Waals surface area contributed by atoms with Gasteiger partial charge in [-0.05, 0) is 36.2 Å². The molecule has 0 spiro atoms. The van der Waals surface area contributed by atoms with E-state index < -0.39 is 0 Å². The number of nitrogens with two attached hydrogens (primary N) is 1. The molecule has 0 bridgehead atoms. The summed E-state index contributed by atoms with van der Waals surface area (Å²) in [6, 6.07) is 14.4. The zero-order valence-corrected chi connectivity index (χ0v) is 12.9. The molecule has 20 heavy (non-hydrogen) atoms. The standard InChI is InChI=1S/C16H16BrN3/c1-2-5-11-6-3-4-7-14(11)20-15-10-12(17)8-9-13(15)19-16(20)18/h3-4,6-10H,2,5H2,1H3,(H2,18,19). The molecule has 1 heterocycles. The fourth-order valence-electron chi connectivity index (χ4n) is 2.53. The highest BCUT2D eigenvalue weighted by molar-refractivity contribution is 9.10. The number of nitrogens with zero attached hydrogens (tertiary/aromatic N) is 2. The molecular formula is C16H16BrN3. The molecule has 4 heteroatoms. The van der Waals surface area contributed by atoms with Crippen molar-refractivity contribution in [2.75, 3.05) is 5.73 Å². The van der Waals surface area contributed by atoms with Crippen LogP contribution in [-0.2, 0) is 6.42 Å². The monoisotopic (exact) mass is 329 g/mol. The second-order valence-corrected chi connectivity index (χ2v) is 5.73. The van der Waals surface area contributed by atoms with Crippen LogP contribution in [0.2, 0.25) is 0 Å². The van der Waals surface area contributed by atoms with Gasteiger partial charge in [0.2, 0.25) is 5.95 Å². The minimum Gasteiger partial charge on any atom is -0.369 e. The van der Waals surface area contributed by atoms with Crippen molar-refractivity contribution < 1.29 is 0 Å². The number of aromatic nitrogens is 2.